The van der Waals surface area contributed by atoms with Gasteiger partial charge in [-0.15, -0.1) is 0 Å². The largest absolute Gasteiger partial charge is 0.369 e. The summed E-state index contributed by atoms with van der Waals surface area (Å²) in [5.41, 5.74) is 1.61. The number of nitrogens with zero attached hydrogens (tertiary/aromatic N) is 2. The quantitative estimate of drug-likeness (QED) is 0.771. The fourth-order valence-electron chi connectivity index (χ4n) is 3.55. The number of anilines is 2. The van der Waals surface area contributed by atoms with Crippen LogP contribution in [0.1, 0.15) is 12.8 Å². The molecule has 0 unspecified atom stereocenters. The van der Waals surface area contributed by atoms with Crippen LogP contribution in [-0.4, -0.2) is 23.6 Å². The van der Waals surface area contributed by atoms with E-state index in [1.807, 2.05) is 11.0 Å². The van der Waals surface area contributed by atoms with E-state index in [0.717, 1.165) is 25.9 Å². The van der Waals surface area contributed by atoms with Crippen molar-refractivity contribution in [3.05, 3.63) is 70.8 Å². The SMILES string of the molecule is O=C(Cn1ccc(=O)c2ccccc21)Nc1ccc(N2CCCC2)c(F)c1. The number of halogens is 1. The zero-order chi connectivity index (χ0) is 18.8. The van der Waals surface area contributed by atoms with E-state index in [1.54, 1.807) is 41.1 Å². The average molecular weight is 365 g/mol. The number of rotatable bonds is 4. The Labute approximate surface area is 156 Å². The van der Waals surface area contributed by atoms with E-state index in [4.69, 9.17) is 0 Å². The van der Waals surface area contributed by atoms with E-state index in [0.29, 0.717) is 22.3 Å². The third-order valence-corrected chi connectivity index (χ3v) is 4.88. The molecule has 5 nitrogen and oxygen atoms in total. The maximum Gasteiger partial charge on any atom is 0.244 e. The lowest BCUT2D eigenvalue weighted by molar-refractivity contribution is -0.116. The van der Waals surface area contributed by atoms with Gasteiger partial charge in [-0.3, -0.25) is 9.59 Å². The van der Waals surface area contributed by atoms with Crippen molar-refractivity contribution < 1.29 is 9.18 Å². The molecule has 0 saturated carbocycles. The molecule has 0 atom stereocenters. The highest BCUT2D eigenvalue weighted by Crippen LogP contribution is 2.26. The number of hydrogen-bond donors (Lipinski definition) is 1. The predicted molar refractivity (Wildman–Crippen MR) is 105 cm³/mol. The minimum absolute atomic E-state index is 0.0380. The van der Waals surface area contributed by atoms with E-state index in [9.17, 15) is 14.0 Å². The highest BCUT2D eigenvalue weighted by molar-refractivity contribution is 5.92. The molecule has 6 heteroatoms. The Morgan fingerprint density at radius 3 is 2.63 bits per heavy atom. The van der Waals surface area contributed by atoms with Crippen molar-refractivity contribution in [1.82, 2.24) is 4.57 Å². The van der Waals surface area contributed by atoms with Crippen LogP contribution >= 0.6 is 0 Å². The molecular formula is C21H20FN3O2. The highest BCUT2D eigenvalue weighted by Gasteiger charge is 2.16. The molecule has 1 N–H and O–H groups in total. The Morgan fingerprint density at radius 1 is 1.07 bits per heavy atom. The lowest BCUT2D eigenvalue weighted by Crippen LogP contribution is -2.21. The molecule has 2 heterocycles. The van der Waals surface area contributed by atoms with Crippen molar-refractivity contribution in [2.24, 2.45) is 0 Å². The number of pyridine rings is 1. The average Bonchev–Trinajstić information content (AvgIpc) is 3.19. The number of fused-ring (bicyclic) bond motifs is 1. The van der Waals surface area contributed by atoms with Crippen LogP contribution in [0.25, 0.3) is 10.9 Å². The molecule has 1 fully saturated rings. The Bertz CT molecular complexity index is 1050. The molecule has 0 radical (unpaired) electrons. The van der Waals surface area contributed by atoms with Crippen LogP contribution in [0.3, 0.4) is 0 Å². The van der Waals surface area contributed by atoms with Gasteiger partial charge in [0.15, 0.2) is 5.43 Å². The van der Waals surface area contributed by atoms with Crippen LogP contribution in [-0.2, 0) is 11.3 Å². The van der Waals surface area contributed by atoms with Gasteiger partial charge in [0.05, 0.1) is 11.2 Å². The Balaban J connectivity index is 1.51. The van der Waals surface area contributed by atoms with Crippen molar-refractivity contribution >= 4 is 28.2 Å². The number of aromatic nitrogens is 1. The van der Waals surface area contributed by atoms with Gasteiger partial charge in [-0.2, -0.15) is 0 Å². The lowest BCUT2D eigenvalue weighted by Gasteiger charge is -2.19. The molecule has 1 aliphatic heterocycles. The van der Waals surface area contributed by atoms with E-state index >= 15 is 0 Å². The van der Waals surface area contributed by atoms with E-state index in [1.165, 1.54) is 12.1 Å². The number of nitrogens with one attached hydrogen (secondary N) is 1. The van der Waals surface area contributed by atoms with E-state index in [-0.39, 0.29) is 23.7 Å². The summed E-state index contributed by atoms with van der Waals surface area (Å²) in [5, 5.41) is 3.30. The summed E-state index contributed by atoms with van der Waals surface area (Å²) in [6.07, 6.45) is 3.75. The second-order valence-electron chi connectivity index (χ2n) is 6.73. The van der Waals surface area contributed by atoms with Gasteiger partial charge in [-0.25, -0.2) is 4.39 Å². The molecular weight excluding hydrogens is 345 g/mol. The predicted octanol–water partition coefficient (Wildman–Crippen LogP) is 3.38. The van der Waals surface area contributed by atoms with Crippen LogP contribution in [0.15, 0.2) is 59.5 Å². The monoisotopic (exact) mass is 365 g/mol. The Kier molecular flexibility index (Phi) is 4.62. The molecule has 2 aromatic carbocycles. The number of hydrogen-bond acceptors (Lipinski definition) is 3. The van der Waals surface area contributed by atoms with Gasteiger partial charge >= 0.3 is 0 Å². The maximum atomic E-state index is 14.4. The topological polar surface area (TPSA) is 54.3 Å². The molecule has 0 aliphatic carbocycles. The fourth-order valence-corrected chi connectivity index (χ4v) is 3.55. The molecule has 0 spiro atoms. The number of carbonyl (C=O) groups is 1. The van der Waals surface area contributed by atoms with Crippen molar-refractivity contribution in [2.45, 2.75) is 19.4 Å². The first-order valence-corrected chi connectivity index (χ1v) is 9.04. The molecule has 27 heavy (non-hydrogen) atoms. The minimum Gasteiger partial charge on any atom is -0.369 e. The minimum atomic E-state index is -0.330. The zero-order valence-electron chi connectivity index (χ0n) is 14.8. The van der Waals surface area contributed by atoms with Gasteiger partial charge in [0.1, 0.15) is 12.4 Å². The van der Waals surface area contributed by atoms with Crippen LogP contribution in [0.2, 0.25) is 0 Å². The second-order valence-corrected chi connectivity index (χ2v) is 6.73. The number of carbonyl (C=O) groups excluding carboxylic acids is 1. The summed E-state index contributed by atoms with van der Waals surface area (Å²) in [5.74, 6) is -0.611. The van der Waals surface area contributed by atoms with Crippen molar-refractivity contribution in [1.29, 1.82) is 0 Å². The van der Waals surface area contributed by atoms with Crippen LogP contribution in [0.5, 0.6) is 0 Å². The molecule has 3 aromatic rings. The Morgan fingerprint density at radius 2 is 1.85 bits per heavy atom. The maximum absolute atomic E-state index is 14.4. The molecule has 1 aromatic heterocycles. The summed E-state index contributed by atoms with van der Waals surface area (Å²) in [6.45, 7) is 1.76. The molecule has 0 bridgehead atoms. The number of para-hydroxylation sites is 1. The molecule has 138 valence electrons. The highest BCUT2D eigenvalue weighted by atomic mass is 19.1. The third-order valence-electron chi connectivity index (χ3n) is 4.88. The van der Waals surface area contributed by atoms with Gasteiger partial charge in [0.2, 0.25) is 5.91 Å². The van der Waals surface area contributed by atoms with Crippen molar-refractivity contribution in [3.8, 4) is 0 Å². The summed E-state index contributed by atoms with van der Waals surface area (Å²) < 4.78 is 16.1. The van der Waals surface area contributed by atoms with Gasteiger partial charge in [0, 0.05) is 36.4 Å². The van der Waals surface area contributed by atoms with Gasteiger partial charge in [0.25, 0.3) is 0 Å². The van der Waals surface area contributed by atoms with Gasteiger partial charge < -0.3 is 14.8 Å². The summed E-state index contributed by atoms with van der Waals surface area (Å²) >= 11 is 0. The van der Waals surface area contributed by atoms with Crippen LogP contribution in [0, 0.1) is 5.82 Å². The first-order valence-electron chi connectivity index (χ1n) is 9.04. The Hall–Kier alpha value is -3.15. The van der Waals surface area contributed by atoms with Gasteiger partial charge in [-0.05, 0) is 43.2 Å². The molecule has 4 rings (SSSR count). The molecule has 1 saturated heterocycles. The van der Waals surface area contributed by atoms with Crippen LogP contribution < -0.4 is 15.6 Å². The molecule has 1 aliphatic rings. The third kappa shape index (κ3) is 3.56. The fraction of sp³-hybridized carbons (Fsp3) is 0.238. The summed E-state index contributed by atoms with van der Waals surface area (Å²) in [4.78, 5) is 26.4. The normalized spacial score (nSPS) is 13.9. The van der Waals surface area contributed by atoms with Crippen molar-refractivity contribution in [2.75, 3.05) is 23.3 Å². The number of benzene rings is 2. The van der Waals surface area contributed by atoms with E-state index in [2.05, 4.69) is 5.32 Å². The smallest absolute Gasteiger partial charge is 0.244 e. The summed E-state index contributed by atoms with van der Waals surface area (Å²) in [7, 11) is 0. The second kappa shape index (κ2) is 7.23. The number of amides is 1. The molecule has 1 amide bonds. The van der Waals surface area contributed by atoms with E-state index < -0.39 is 0 Å². The van der Waals surface area contributed by atoms with Gasteiger partial charge in [-0.1, -0.05) is 12.1 Å². The first-order chi connectivity index (χ1) is 13.1. The lowest BCUT2D eigenvalue weighted by atomic mass is 10.2. The first kappa shape index (κ1) is 17.3. The summed E-state index contributed by atoms with van der Waals surface area (Å²) in [6, 6.07) is 13.4. The van der Waals surface area contributed by atoms with Crippen LogP contribution in [0.4, 0.5) is 15.8 Å². The zero-order valence-corrected chi connectivity index (χ0v) is 14.8. The standard InChI is InChI=1S/C21H20FN3O2/c22-17-13-15(7-8-19(17)24-10-3-4-11-24)23-21(27)14-25-12-9-20(26)16-5-1-2-6-18(16)25/h1-2,5-9,12-13H,3-4,10-11,14H2,(H,23,27). The van der Waals surface area contributed by atoms with Crippen molar-refractivity contribution in [3.63, 3.8) is 0 Å².